The van der Waals surface area contributed by atoms with Crippen molar-refractivity contribution < 1.29 is 4.79 Å². The smallest absolute Gasteiger partial charge is 0.231 e. The maximum absolute atomic E-state index is 12.6. The van der Waals surface area contributed by atoms with E-state index in [9.17, 15) is 4.79 Å². The Labute approximate surface area is 123 Å². The fraction of sp³-hybridized carbons (Fsp3) is 0.400. The molecule has 3 N–H and O–H groups in total. The third-order valence-corrected chi connectivity index (χ3v) is 4.19. The first-order chi connectivity index (χ1) is 10.2. The van der Waals surface area contributed by atoms with Crippen molar-refractivity contribution in [2.75, 3.05) is 11.9 Å². The number of anilines is 1. The van der Waals surface area contributed by atoms with E-state index >= 15 is 0 Å². The quantitative estimate of drug-likeness (QED) is 0.895. The maximum atomic E-state index is 12.6. The number of nitrogens with two attached hydrogens (primary N) is 1. The van der Waals surface area contributed by atoms with Crippen LogP contribution in [0.5, 0.6) is 0 Å². The molecule has 1 aliphatic rings. The first-order valence-electron chi connectivity index (χ1n) is 7.22. The minimum atomic E-state index is -0.433. The second kappa shape index (κ2) is 5.65. The van der Waals surface area contributed by atoms with Gasteiger partial charge in [0, 0.05) is 25.1 Å². The minimum Gasteiger partial charge on any atom is -0.329 e. The van der Waals surface area contributed by atoms with E-state index in [1.54, 1.807) is 29.3 Å². The molecule has 0 unspecified atom stereocenters. The lowest BCUT2D eigenvalue weighted by atomic mass is 9.85. The molecule has 1 saturated carbocycles. The molecule has 110 valence electrons. The summed E-state index contributed by atoms with van der Waals surface area (Å²) < 4.78 is 1.64. The molecule has 0 atom stereocenters. The van der Waals surface area contributed by atoms with E-state index in [4.69, 9.17) is 5.73 Å². The van der Waals surface area contributed by atoms with Crippen LogP contribution in [0.15, 0.2) is 36.8 Å². The predicted octanol–water partition coefficient (Wildman–Crippen LogP) is 1.72. The standard InChI is InChI=1S/C15H19N5O/c16-11-15(6-1-2-7-15)14(21)19-12-5-3-8-17-13(12)20-10-4-9-18-20/h3-5,8-10H,1-2,6-7,11,16H2,(H,19,21). The molecule has 0 radical (unpaired) electrons. The lowest BCUT2D eigenvalue weighted by Crippen LogP contribution is -2.40. The Kier molecular flexibility index (Phi) is 3.70. The van der Waals surface area contributed by atoms with Crippen molar-refractivity contribution in [3.8, 4) is 5.82 Å². The molecule has 1 aliphatic carbocycles. The van der Waals surface area contributed by atoms with Crippen molar-refractivity contribution in [2.24, 2.45) is 11.1 Å². The Morgan fingerprint density at radius 3 is 2.81 bits per heavy atom. The Morgan fingerprint density at radius 1 is 1.33 bits per heavy atom. The van der Waals surface area contributed by atoms with Gasteiger partial charge in [-0.25, -0.2) is 9.67 Å². The number of nitrogens with one attached hydrogen (secondary N) is 1. The van der Waals surface area contributed by atoms with Gasteiger partial charge in [-0.1, -0.05) is 12.8 Å². The minimum absolute atomic E-state index is 0.0103. The normalized spacial score (nSPS) is 16.8. The zero-order valence-electron chi connectivity index (χ0n) is 11.8. The summed E-state index contributed by atoms with van der Waals surface area (Å²) in [7, 11) is 0. The van der Waals surface area contributed by atoms with E-state index in [2.05, 4.69) is 15.4 Å². The van der Waals surface area contributed by atoms with Crippen molar-refractivity contribution >= 4 is 11.6 Å². The number of aromatic nitrogens is 3. The largest absolute Gasteiger partial charge is 0.329 e. The summed E-state index contributed by atoms with van der Waals surface area (Å²) in [6, 6.07) is 5.45. The zero-order chi connectivity index (χ0) is 14.7. The third kappa shape index (κ3) is 2.54. The van der Waals surface area contributed by atoms with Gasteiger partial charge >= 0.3 is 0 Å². The van der Waals surface area contributed by atoms with Crippen molar-refractivity contribution in [2.45, 2.75) is 25.7 Å². The van der Waals surface area contributed by atoms with Gasteiger partial charge < -0.3 is 11.1 Å². The van der Waals surface area contributed by atoms with E-state index in [-0.39, 0.29) is 5.91 Å². The van der Waals surface area contributed by atoms with Gasteiger partial charge in [-0.05, 0) is 31.0 Å². The van der Waals surface area contributed by atoms with Gasteiger partial charge in [0.1, 0.15) is 0 Å². The molecule has 2 aromatic rings. The summed E-state index contributed by atoms with van der Waals surface area (Å²) >= 11 is 0. The van der Waals surface area contributed by atoms with E-state index in [1.165, 1.54) is 0 Å². The molecule has 0 aromatic carbocycles. The van der Waals surface area contributed by atoms with Crippen LogP contribution in [-0.2, 0) is 4.79 Å². The predicted molar refractivity (Wildman–Crippen MR) is 79.9 cm³/mol. The number of rotatable bonds is 4. The van der Waals surface area contributed by atoms with Crippen LogP contribution in [-0.4, -0.2) is 27.2 Å². The molecule has 0 saturated heterocycles. The van der Waals surface area contributed by atoms with Gasteiger partial charge in [-0.3, -0.25) is 4.79 Å². The molecule has 2 heterocycles. The van der Waals surface area contributed by atoms with Crippen LogP contribution in [0.25, 0.3) is 5.82 Å². The Bertz CT molecular complexity index is 617. The molecular weight excluding hydrogens is 266 g/mol. The highest BCUT2D eigenvalue weighted by molar-refractivity contribution is 5.97. The Morgan fingerprint density at radius 2 is 2.14 bits per heavy atom. The lowest BCUT2D eigenvalue weighted by molar-refractivity contribution is -0.124. The number of hydrogen-bond donors (Lipinski definition) is 2. The molecule has 2 aromatic heterocycles. The summed E-state index contributed by atoms with van der Waals surface area (Å²) in [5.41, 5.74) is 6.09. The van der Waals surface area contributed by atoms with Crippen molar-refractivity contribution in [1.29, 1.82) is 0 Å². The SMILES string of the molecule is NCC1(C(=O)Nc2cccnc2-n2cccn2)CCCC1. The molecule has 1 amide bonds. The summed E-state index contributed by atoms with van der Waals surface area (Å²) in [6.07, 6.45) is 8.98. The maximum Gasteiger partial charge on any atom is 0.231 e. The average molecular weight is 285 g/mol. The Balaban J connectivity index is 1.87. The third-order valence-electron chi connectivity index (χ3n) is 4.19. The summed E-state index contributed by atoms with van der Waals surface area (Å²) in [4.78, 5) is 16.9. The van der Waals surface area contributed by atoms with E-state index in [1.807, 2.05) is 12.1 Å². The molecule has 1 fully saturated rings. The molecule has 0 aliphatic heterocycles. The Hall–Kier alpha value is -2.21. The van der Waals surface area contributed by atoms with Crippen LogP contribution in [0.3, 0.4) is 0 Å². The lowest BCUT2D eigenvalue weighted by Gasteiger charge is -2.26. The number of amides is 1. The topological polar surface area (TPSA) is 85.8 Å². The van der Waals surface area contributed by atoms with Gasteiger partial charge in [-0.15, -0.1) is 0 Å². The zero-order valence-corrected chi connectivity index (χ0v) is 11.8. The number of nitrogens with zero attached hydrogens (tertiary/aromatic N) is 3. The molecule has 21 heavy (non-hydrogen) atoms. The number of hydrogen-bond acceptors (Lipinski definition) is 4. The molecular formula is C15H19N5O. The molecule has 6 nitrogen and oxygen atoms in total. The molecule has 3 rings (SSSR count). The van der Waals surface area contributed by atoms with Gasteiger partial charge in [0.05, 0.1) is 11.1 Å². The van der Waals surface area contributed by atoms with Gasteiger partial charge in [-0.2, -0.15) is 5.10 Å². The monoisotopic (exact) mass is 285 g/mol. The van der Waals surface area contributed by atoms with Crippen LogP contribution in [0.4, 0.5) is 5.69 Å². The van der Waals surface area contributed by atoms with E-state index in [0.717, 1.165) is 25.7 Å². The van der Waals surface area contributed by atoms with Gasteiger partial charge in [0.15, 0.2) is 5.82 Å². The van der Waals surface area contributed by atoms with Crippen LogP contribution < -0.4 is 11.1 Å². The van der Waals surface area contributed by atoms with Gasteiger partial charge in [0.2, 0.25) is 5.91 Å². The first-order valence-corrected chi connectivity index (χ1v) is 7.22. The van der Waals surface area contributed by atoms with Crippen LogP contribution >= 0.6 is 0 Å². The molecule has 0 spiro atoms. The summed E-state index contributed by atoms with van der Waals surface area (Å²) in [6.45, 7) is 0.385. The number of carbonyl (C=O) groups excluding carboxylic acids is 1. The van der Waals surface area contributed by atoms with Crippen molar-refractivity contribution in [1.82, 2.24) is 14.8 Å². The van der Waals surface area contributed by atoms with Crippen LogP contribution in [0.1, 0.15) is 25.7 Å². The van der Waals surface area contributed by atoms with Crippen LogP contribution in [0, 0.1) is 5.41 Å². The van der Waals surface area contributed by atoms with E-state index in [0.29, 0.717) is 18.1 Å². The van der Waals surface area contributed by atoms with Crippen LogP contribution in [0.2, 0.25) is 0 Å². The summed E-state index contributed by atoms with van der Waals surface area (Å²) in [5.74, 6) is 0.602. The first kappa shape index (κ1) is 13.8. The highest BCUT2D eigenvalue weighted by Gasteiger charge is 2.40. The highest BCUT2D eigenvalue weighted by atomic mass is 16.2. The number of pyridine rings is 1. The van der Waals surface area contributed by atoms with Crippen molar-refractivity contribution in [3.05, 3.63) is 36.8 Å². The fourth-order valence-electron chi connectivity index (χ4n) is 2.90. The second-order valence-electron chi connectivity index (χ2n) is 5.47. The van der Waals surface area contributed by atoms with Gasteiger partial charge in [0.25, 0.3) is 0 Å². The van der Waals surface area contributed by atoms with E-state index < -0.39 is 5.41 Å². The molecule has 6 heteroatoms. The molecule has 0 bridgehead atoms. The fourth-order valence-corrected chi connectivity index (χ4v) is 2.90. The summed E-state index contributed by atoms with van der Waals surface area (Å²) in [5, 5.41) is 7.16. The number of carbonyl (C=O) groups is 1. The average Bonchev–Trinajstić information content (AvgIpc) is 3.20. The second-order valence-corrected chi connectivity index (χ2v) is 5.47. The highest BCUT2D eigenvalue weighted by Crippen LogP contribution is 2.38. The van der Waals surface area contributed by atoms with Crippen molar-refractivity contribution in [3.63, 3.8) is 0 Å².